The topological polar surface area (TPSA) is 26.0 Å². The molecule has 0 aromatic carbocycles. The van der Waals surface area contributed by atoms with Crippen LogP contribution in [-0.4, -0.2) is 4.98 Å². The van der Waals surface area contributed by atoms with Gasteiger partial charge >= 0.3 is 0 Å². The van der Waals surface area contributed by atoms with Crippen molar-refractivity contribution in [1.82, 2.24) is 4.98 Å². The first-order valence-electron chi connectivity index (χ1n) is 4.18. The van der Waals surface area contributed by atoms with Gasteiger partial charge in [-0.25, -0.2) is 4.98 Å². The van der Waals surface area contributed by atoms with E-state index in [9.17, 15) is 0 Å². The summed E-state index contributed by atoms with van der Waals surface area (Å²) in [5.41, 5.74) is 1.07. The highest BCUT2D eigenvalue weighted by Crippen LogP contribution is 2.28. The summed E-state index contributed by atoms with van der Waals surface area (Å²) in [7, 11) is 0. The first kappa shape index (κ1) is 9.78. The molecule has 0 aliphatic rings. The molecule has 0 saturated heterocycles. The number of hydrogen-bond donors (Lipinski definition) is 0. The van der Waals surface area contributed by atoms with Gasteiger partial charge in [-0.05, 0) is 5.92 Å². The van der Waals surface area contributed by atoms with Crippen molar-refractivity contribution in [1.29, 1.82) is 0 Å². The van der Waals surface area contributed by atoms with E-state index in [0.29, 0.717) is 16.6 Å². The molecule has 0 saturated carbocycles. The summed E-state index contributed by atoms with van der Waals surface area (Å²) < 4.78 is 5.44. The quantitative estimate of drug-likeness (QED) is 0.777. The third-order valence-electron chi connectivity index (χ3n) is 1.73. The molecule has 68 valence electrons. The molecule has 0 spiro atoms. The minimum absolute atomic E-state index is 0.404. The molecular weight excluding hydrogens is 218 g/mol. The molecule has 2 nitrogen and oxygen atoms in total. The van der Waals surface area contributed by atoms with Crippen molar-refractivity contribution in [2.75, 3.05) is 0 Å². The van der Waals surface area contributed by atoms with Gasteiger partial charge in [-0.2, -0.15) is 0 Å². The molecule has 1 rings (SSSR count). The van der Waals surface area contributed by atoms with E-state index in [1.807, 2.05) is 0 Å². The molecule has 1 heterocycles. The molecule has 0 unspecified atom stereocenters. The molecule has 0 fully saturated rings. The first-order chi connectivity index (χ1) is 5.52. The summed E-state index contributed by atoms with van der Waals surface area (Å²) in [5.74, 6) is 1.83. The summed E-state index contributed by atoms with van der Waals surface area (Å²) >= 11 is 3.24. The Balaban J connectivity index is 3.08. The van der Waals surface area contributed by atoms with E-state index >= 15 is 0 Å². The van der Waals surface area contributed by atoms with Crippen LogP contribution in [0.25, 0.3) is 0 Å². The Morgan fingerprint density at radius 2 is 1.75 bits per heavy atom. The molecule has 1 aromatic rings. The van der Waals surface area contributed by atoms with Gasteiger partial charge in [0.15, 0.2) is 0 Å². The summed E-state index contributed by atoms with van der Waals surface area (Å²) in [6.07, 6.45) is 0. The Kier molecular flexibility index (Phi) is 2.94. The van der Waals surface area contributed by atoms with E-state index in [-0.39, 0.29) is 0 Å². The van der Waals surface area contributed by atoms with Gasteiger partial charge in [-0.15, -0.1) is 0 Å². The summed E-state index contributed by atoms with van der Waals surface area (Å²) in [6.45, 7) is 8.46. The van der Waals surface area contributed by atoms with Crippen LogP contribution in [0.4, 0.5) is 0 Å². The van der Waals surface area contributed by atoms with Crippen molar-refractivity contribution in [3.8, 4) is 0 Å². The van der Waals surface area contributed by atoms with E-state index in [1.54, 1.807) is 0 Å². The third-order valence-corrected chi connectivity index (χ3v) is 2.07. The summed E-state index contributed by atoms with van der Waals surface area (Å²) in [5, 5.41) is 0. The van der Waals surface area contributed by atoms with Gasteiger partial charge in [0.25, 0.3) is 4.80 Å². The fraction of sp³-hybridized carbons (Fsp3) is 0.667. The molecule has 0 aliphatic heterocycles. The zero-order valence-corrected chi connectivity index (χ0v) is 9.47. The Labute approximate surface area is 81.5 Å². The van der Waals surface area contributed by atoms with E-state index < -0.39 is 0 Å². The normalized spacial score (nSPS) is 11.6. The molecule has 0 radical (unpaired) electrons. The predicted molar refractivity (Wildman–Crippen MR) is 52.4 cm³/mol. The van der Waals surface area contributed by atoms with Crippen LogP contribution in [0.15, 0.2) is 9.22 Å². The SMILES string of the molecule is CC(C)c1nc(Br)oc1C(C)C. The van der Waals surface area contributed by atoms with Gasteiger partial charge in [0.2, 0.25) is 0 Å². The number of halogens is 1. The lowest BCUT2D eigenvalue weighted by Crippen LogP contribution is -1.95. The molecule has 3 heteroatoms. The number of nitrogens with zero attached hydrogens (tertiary/aromatic N) is 1. The molecule has 12 heavy (non-hydrogen) atoms. The van der Waals surface area contributed by atoms with Crippen LogP contribution in [0.2, 0.25) is 0 Å². The Morgan fingerprint density at radius 1 is 1.17 bits per heavy atom. The predicted octanol–water partition coefficient (Wildman–Crippen LogP) is 3.68. The largest absolute Gasteiger partial charge is 0.436 e. The van der Waals surface area contributed by atoms with Gasteiger partial charge < -0.3 is 4.42 Å². The second-order valence-electron chi connectivity index (χ2n) is 3.53. The molecule has 1 aromatic heterocycles. The number of hydrogen-bond acceptors (Lipinski definition) is 2. The Morgan fingerprint density at radius 3 is 2.08 bits per heavy atom. The summed E-state index contributed by atoms with van der Waals surface area (Å²) in [4.78, 5) is 4.87. The van der Waals surface area contributed by atoms with Gasteiger partial charge in [0.1, 0.15) is 5.76 Å². The number of aromatic nitrogens is 1. The average molecular weight is 232 g/mol. The van der Waals surface area contributed by atoms with E-state index in [0.717, 1.165) is 11.5 Å². The third kappa shape index (κ3) is 1.89. The lowest BCUT2D eigenvalue weighted by Gasteiger charge is -2.05. The highest BCUT2D eigenvalue weighted by Gasteiger charge is 2.17. The van der Waals surface area contributed by atoms with Crippen molar-refractivity contribution in [3.63, 3.8) is 0 Å². The molecular formula is C9H14BrNO. The lowest BCUT2D eigenvalue weighted by atomic mass is 10.0. The molecule has 0 aliphatic carbocycles. The first-order valence-corrected chi connectivity index (χ1v) is 4.97. The number of oxazole rings is 1. The standard InChI is InChI=1S/C9H14BrNO/c1-5(2)7-8(6(3)4)12-9(10)11-7/h5-6H,1-4H3. The monoisotopic (exact) mass is 231 g/mol. The minimum atomic E-state index is 0.404. The highest BCUT2D eigenvalue weighted by atomic mass is 79.9. The van der Waals surface area contributed by atoms with E-state index in [1.165, 1.54) is 0 Å². The van der Waals surface area contributed by atoms with Gasteiger partial charge in [0.05, 0.1) is 5.69 Å². The van der Waals surface area contributed by atoms with Crippen LogP contribution in [-0.2, 0) is 0 Å². The van der Waals surface area contributed by atoms with Crippen molar-refractivity contribution in [2.45, 2.75) is 39.5 Å². The fourth-order valence-electron chi connectivity index (χ4n) is 1.14. The van der Waals surface area contributed by atoms with E-state index in [2.05, 4.69) is 48.6 Å². The van der Waals surface area contributed by atoms with Crippen LogP contribution in [0, 0.1) is 0 Å². The zero-order chi connectivity index (χ0) is 9.30. The molecule has 0 N–H and O–H groups in total. The van der Waals surface area contributed by atoms with Crippen molar-refractivity contribution in [3.05, 3.63) is 16.3 Å². The average Bonchev–Trinajstić information content (AvgIpc) is 2.31. The fourth-order valence-corrected chi connectivity index (χ4v) is 1.51. The van der Waals surface area contributed by atoms with Crippen molar-refractivity contribution in [2.24, 2.45) is 0 Å². The minimum Gasteiger partial charge on any atom is -0.436 e. The van der Waals surface area contributed by atoms with Crippen LogP contribution in [0.1, 0.15) is 51.0 Å². The maximum absolute atomic E-state index is 5.44. The highest BCUT2D eigenvalue weighted by molar-refractivity contribution is 9.10. The second kappa shape index (κ2) is 3.60. The molecule has 0 bridgehead atoms. The van der Waals surface area contributed by atoms with Gasteiger partial charge in [-0.3, -0.25) is 0 Å². The van der Waals surface area contributed by atoms with E-state index in [4.69, 9.17) is 4.42 Å². The Bertz CT molecular complexity index is 240. The van der Waals surface area contributed by atoms with Crippen LogP contribution in [0.5, 0.6) is 0 Å². The maximum atomic E-state index is 5.44. The molecule has 0 amide bonds. The van der Waals surface area contributed by atoms with Crippen LogP contribution < -0.4 is 0 Å². The molecule has 0 atom stereocenters. The van der Waals surface area contributed by atoms with Crippen molar-refractivity contribution < 1.29 is 4.42 Å². The lowest BCUT2D eigenvalue weighted by molar-refractivity contribution is 0.456. The van der Waals surface area contributed by atoms with Crippen LogP contribution in [0.3, 0.4) is 0 Å². The smallest absolute Gasteiger partial charge is 0.264 e. The zero-order valence-electron chi connectivity index (χ0n) is 7.89. The maximum Gasteiger partial charge on any atom is 0.264 e. The van der Waals surface area contributed by atoms with Gasteiger partial charge in [0, 0.05) is 21.8 Å². The summed E-state index contributed by atoms with van der Waals surface area (Å²) in [6, 6.07) is 0. The van der Waals surface area contributed by atoms with Gasteiger partial charge in [-0.1, -0.05) is 27.7 Å². The second-order valence-corrected chi connectivity index (χ2v) is 4.20. The van der Waals surface area contributed by atoms with Crippen LogP contribution >= 0.6 is 15.9 Å². The van der Waals surface area contributed by atoms with Crippen molar-refractivity contribution >= 4 is 15.9 Å². The Hall–Kier alpha value is -0.310. The number of rotatable bonds is 2.